The highest BCUT2D eigenvalue weighted by molar-refractivity contribution is 5.79. The first kappa shape index (κ1) is 29.0. The lowest BCUT2D eigenvalue weighted by Gasteiger charge is -2.42. The lowest BCUT2D eigenvalue weighted by Crippen LogP contribution is -2.58. The van der Waals surface area contributed by atoms with Crippen LogP contribution in [0.1, 0.15) is 61.6 Å². The molecule has 218 valence electrons. The summed E-state index contributed by atoms with van der Waals surface area (Å²) < 4.78 is 17.2. The highest BCUT2D eigenvalue weighted by atomic mass is 16.6. The van der Waals surface area contributed by atoms with Crippen molar-refractivity contribution in [3.63, 3.8) is 0 Å². The first-order valence-electron chi connectivity index (χ1n) is 14.7. The van der Waals surface area contributed by atoms with Gasteiger partial charge in [-0.1, -0.05) is 67.8 Å². The van der Waals surface area contributed by atoms with Crippen molar-refractivity contribution >= 4 is 6.09 Å². The minimum Gasteiger partial charge on any atom is -0.497 e. The third kappa shape index (κ3) is 6.21. The number of hydrogen-bond donors (Lipinski definition) is 2. The van der Waals surface area contributed by atoms with Gasteiger partial charge < -0.3 is 25.1 Å². The third-order valence-corrected chi connectivity index (χ3v) is 8.78. The number of aliphatic hydroxyl groups is 1. The van der Waals surface area contributed by atoms with Crippen LogP contribution in [0.5, 0.6) is 11.5 Å². The van der Waals surface area contributed by atoms with Crippen molar-refractivity contribution in [2.75, 3.05) is 20.8 Å². The number of carbonyl (C=O) groups is 1. The molecule has 3 atom stereocenters. The van der Waals surface area contributed by atoms with E-state index in [4.69, 9.17) is 19.9 Å². The fourth-order valence-corrected chi connectivity index (χ4v) is 6.66. The van der Waals surface area contributed by atoms with Crippen LogP contribution in [0, 0.1) is 5.92 Å². The molecule has 0 bridgehead atoms. The zero-order chi connectivity index (χ0) is 28.9. The molecule has 0 spiro atoms. The summed E-state index contributed by atoms with van der Waals surface area (Å²) in [5.74, 6) is 1.40. The van der Waals surface area contributed by atoms with Crippen molar-refractivity contribution in [2.45, 2.75) is 69.7 Å². The summed E-state index contributed by atoms with van der Waals surface area (Å²) in [6.45, 7) is 2.17. The molecule has 0 aromatic heterocycles. The molecule has 0 aliphatic heterocycles. The number of rotatable bonds is 10. The van der Waals surface area contributed by atoms with Crippen LogP contribution in [0.3, 0.4) is 0 Å². The normalized spacial score (nSPS) is 17.2. The Bertz CT molecular complexity index is 1270. The first-order valence-corrected chi connectivity index (χ1v) is 14.7. The summed E-state index contributed by atoms with van der Waals surface area (Å²) >= 11 is 0. The molecule has 0 radical (unpaired) electrons. The van der Waals surface area contributed by atoms with E-state index in [1.165, 1.54) is 17.5 Å². The zero-order valence-electron chi connectivity index (χ0n) is 24.3. The number of fused-ring (bicyclic) bond motifs is 3. The Hall–Kier alpha value is -3.55. The van der Waals surface area contributed by atoms with Gasteiger partial charge in [0.2, 0.25) is 0 Å². The maximum absolute atomic E-state index is 14.2. The van der Waals surface area contributed by atoms with Crippen molar-refractivity contribution in [1.29, 1.82) is 0 Å². The first-order chi connectivity index (χ1) is 19.9. The minimum atomic E-state index is -0.786. The van der Waals surface area contributed by atoms with E-state index in [1.807, 2.05) is 36.4 Å². The Kier molecular flexibility index (Phi) is 9.15. The molecule has 0 heterocycles. The van der Waals surface area contributed by atoms with Gasteiger partial charge in [-0.3, -0.25) is 4.90 Å². The van der Waals surface area contributed by atoms with Crippen LogP contribution in [0.2, 0.25) is 0 Å². The molecule has 1 saturated carbocycles. The van der Waals surface area contributed by atoms with Crippen LogP contribution in [-0.4, -0.2) is 55.1 Å². The fourth-order valence-electron chi connectivity index (χ4n) is 6.66. The lowest BCUT2D eigenvalue weighted by molar-refractivity contribution is 0.0264. The van der Waals surface area contributed by atoms with Gasteiger partial charge in [0.1, 0.15) is 18.1 Å². The van der Waals surface area contributed by atoms with Crippen LogP contribution >= 0.6 is 0 Å². The number of amides is 1. The number of carbonyl (C=O) groups excluding carboxylic acids is 1. The van der Waals surface area contributed by atoms with Crippen LogP contribution in [0.4, 0.5) is 4.79 Å². The van der Waals surface area contributed by atoms with E-state index in [2.05, 4.69) is 24.3 Å². The number of nitrogens with two attached hydrogens (primary N) is 1. The zero-order valence-corrected chi connectivity index (χ0v) is 24.3. The van der Waals surface area contributed by atoms with Gasteiger partial charge in [0, 0.05) is 18.5 Å². The fraction of sp³-hybridized carbons (Fsp3) is 0.441. The van der Waals surface area contributed by atoms with Crippen molar-refractivity contribution < 1.29 is 24.1 Å². The molecule has 1 fully saturated rings. The van der Waals surface area contributed by atoms with E-state index >= 15 is 0 Å². The smallest absolute Gasteiger partial charge is 0.410 e. The van der Waals surface area contributed by atoms with Gasteiger partial charge in [-0.05, 0) is 65.6 Å². The molecule has 1 unspecified atom stereocenters. The number of benzene rings is 3. The summed E-state index contributed by atoms with van der Waals surface area (Å²) in [7, 11) is 3.21. The maximum Gasteiger partial charge on any atom is 0.410 e. The molecule has 41 heavy (non-hydrogen) atoms. The molecule has 3 aromatic carbocycles. The predicted octanol–water partition coefficient (Wildman–Crippen LogP) is 6.11. The second-order valence-electron chi connectivity index (χ2n) is 11.4. The lowest BCUT2D eigenvalue weighted by atomic mass is 9.79. The Balaban J connectivity index is 1.47. The van der Waals surface area contributed by atoms with Crippen LogP contribution in [-0.2, 0) is 11.3 Å². The van der Waals surface area contributed by atoms with E-state index in [0.29, 0.717) is 11.5 Å². The molecule has 2 aliphatic rings. The molecule has 7 nitrogen and oxygen atoms in total. The summed E-state index contributed by atoms with van der Waals surface area (Å²) in [4.78, 5) is 15.9. The highest BCUT2D eigenvalue weighted by Gasteiger charge is 2.39. The molecule has 0 saturated heterocycles. The second kappa shape index (κ2) is 13.0. The molecule has 2 aliphatic carbocycles. The Morgan fingerprint density at radius 2 is 1.49 bits per heavy atom. The second-order valence-corrected chi connectivity index (χ2v) is 11.4. The summed E-state index contributed by atoms with van der Waals surface area (Å²) in [5, 5.41) is 10.7. The minimum absolute atomic E-state index is 0.0521. The molecule has 3 N–H and O–H groups in total. The number of aliphatic hydroxyl groups excluding tert-OH is 1. The largest absolute Gasteiger partial charge is 0.497 e. The number of ether oxygens (including phenoxy) is 3. The quantitative estimate of drug-likeness (QED) is 0.312. The Labute approximate surface area is 243 Å². The summed E-state index contributed by atoms with van der Waals surface area (Å²) in [5.41, 5.74) is 12.2. The molecule has 3 aromatic rings. The molecule has 1 amide bonds. The van der Waals surface area contributed by atoms with Crippen molar-refractivity contribution in [1.82, 2.24) is 4.90 Å². The topological polar surface area (TPSA) is 94.2 Å². The van der Waals surface area contributed by atoms with Gasteiger partial charge in [-0.2, -0.15) is 0 Å². The maximum atomic E-state index is 14.2. The van der Waals surface area contributed by atoms with Gasteiger partial charge in [-0.15, -0.1) is 0 Å². The summed E-state index contributed by atoms with van der Waals surface area (Å²) in [6, 6.07) is 21.2. The SMILES string of the molecule is COc1cc(CN(C(=O)OCC2c3ccccc3-c3ccccc32)C(C2CCCCC2)[C@H](N)[C@@H](C)O)cc(OC)c1. The van der Waals surface area contributed by atoms with Crippen molar-refractivity contribution in [3.05, 3.63) is 83.4 Å². The third-order valence-electron chi connectivity index (χ3n) is 8.78. The van der Waals surface area contributed by atoms with E-state index in [1.54, 1.807) is 32.1 Å². The van der Waals surface area contributed by atoms with Crippen molar-refractivity contribution in [3.8, 4) is 22.6 Å². The predicted molar refractivity (Wildman–Crippen MR) is 160 cm³/mol. The van der Waals surface area contributed by atoms with Crippen molar-refractivity contribution in [2.24, 2.45) is 11.7 Å². The molecular formula is C34H42N2O5. The van der Waals surface area contributed by atoms with E-state index in [9.17, 15) is 9.90 Å². The van der Waals surface area contributed by atoms with Gasteiger partial charge in [-0.25, -0.2) is 4.79 Å². The monoisotopic (exact) mass is 558 g/mol. The van der Waals surface area contributed by atoms with Gasteiger partial charge in [0.05, 0.1) is 32.4 Å². The average Bonchev–Trinajstić information content (AvgIpc) is 3.33. The van der Waals surface area contributed by atoms with Crippen LogP contribution in [0.15, 0.2) is 66.7 Å². The highest BCUT2D eigenvalue weighted by Crippen LogP contribution is 2.44. The van der Waals surface area contributed by atoms with Crippen LogP contribution < -0.4 is 15.2 Å². The number of hydrogen-bond acceptors (Lipinski definition) is 6. The molecule has 5 rings (SSSR count). The average molecular weight is 559 g/mol. The van der Waals surface area contributed by atoms with Crippen LogP contribution in [0.25, 0.3) is 11.1 Å². The number of methoxy groups -OCH3 is 2. The molecular weight excluding hydrogens is 516 g/mol. The van der Waals surface area contributed by atoms with Gasteiger partial charge >= 0.3 is 6.09 Å². The van der Waals surface area contributed by atoms with E-state index in [-0.39, 0.29) is 31.0 Å². The Morgan fingerprint density at radius 1 is 0.927 bits per heavy atom. The molecule has 7 heteroatoms. The van der Waals surface area contributed by atoms with Gasteiger partial charge in [0.25, 0.3) is 0 Å². The van der Waals surface area contributed by atoms with E-state index < -0.39 is 18.2 Å². The summed E-state index contributed by atoms with van der Waals surface area (Å²) in [6.07, 6.45) is 4.04. The van der Waals surface area contributed by atoms with Gasteiger partial charge in [0.15, 0.2) is 0 Å². The Morgan fingerprint density at radius 3 is 2.02 bits per heavy atom. The van der Waals surface area contributed by atoms with E-state index in [0.717, 1.165) is 42.4 Å². The standard InChI is InChI=1S/C34H42N2O5/c1-22(37)32(35)33(24-11-5-4-6-12-24)36(20-23-17-25(39-2)19-26(18-23)40-3)34(38)41-21-31-29-15-9-7-13-27(29)28-14-8-10-16-30(28)31/h7-10,13-19,22,24,31-33,37H,4-6,11-12,20-21,35H2,1-3H3/t22-,32-,33?/m1/s1. The number of nitrogens with zero attached hydrogens (tertiary/aromatic N) is 1.